The molecule has 0 bridgehead atoms. The Labute approximate surface area is 107 Å². The summed E-state index contributed by atoms with van der Waals surface area (Å²) in [5.41, 5.74) is 0.449. The van der Waals surface area contributed by atoms with Crippen LogP contribution in [0.25, 0.3) is 0 Å². The van der Waals surface area contributed by atoms with Crippen molar-refractivity contribution in [1.82, 2.24) is 10.3 Å². The molecular weight excluding hydrogens is 232 g/mol. The average Bonchev–Trinajstić information content (AvgIpc) is 2.92. The highest BCUT2D eigenvalue weighted by Crippen LogP contribution is 2.17. The summed E-state index contributed by atoms with van der Waals surface area (Å²) in [5.74, 6) is 0.164. The molecule has 1 aromatic rings. The fourth-order valence-corrected chi connectivity index (χ4v) is 2.10. The molecule has 1 aromatic heterocycles. The maximum absolute atomic E-state index is 12.1. The zero-order valence-corrected chi connectivity index (χ0v) is 10.7. The second-order valence-corrected chi connectivity index (χ2v) is 4.37. The number of amides is 1. The number of carbonyl (C=O) groups excluding carboxylic acids is 1. The molecule has 1 fully saturated rings. The van der Waals surface area contributed by atoms with E-state index in [1.165, 1.54) is 7.11 Å². The van der Waals surface area contributed by atoms with Gasteiger partial charge in [-0.15, -0.1) is 0 Å². The zero-order chi connectivity index (χ0) is 13.0. The first-order valence-corrected chi connectivity index (χ1v) is 6.14. The first-order chi connectivity index (χ1) is 8.72. The molecule has 1 saturated heterocycles. The van der Waals surface area contributed by atoms with Crippen molar-refractivity contribution in [1.29, 1.82) is 0 Å². The minimum absolute atomic E-state index is 0.00934. The minimum atomic E-state index is -0.178. The summed E-state index contributed by atoms with van der Waals surface area (Å²) in [5, 5.41) is 2.93. The van der Waals surface area contributed by atoms with E-state index in [2.05, 4.69) is 10.3 Å². The summed E-state index contributed by atoms with van der Waals surface area (Å²) >= 11 is 0. The lowest BCUT2D eigenvalue weighted by molar-refractivity contribution is 0.0710. The van der Waals surface area contributed by atoms with Crippen LogP contribution in [0.3, 0.4) is 0 Å². The fourth-order valence-electron chi connectivity index (χ4n) is 2.10. The second kappa shape index (κ2) is 5.82. The van der Waals surface area contributed by atoms with Crippen molar-refractivity contribution in [2.24, 2.45) is 0 Å². The molecule has 2 heterocycles. The molecule has 1 aliphatic heterocycles. The standard InChI is InChI=1S/C13H18N2O3/c1-9(11-6-4-8-18-11)15-12(16)10-5-3-7-14-13(10)17-2/h3,5,7,9,11H,4,6,8H2,1-2H3,(H,15,16)/t9-,11-/m1/s1. The number of aromatic nitrogens is 1. The van der Waals surface area contributed by atoms with Crippen molar-refractivity contribution in [3.05, 3.63) is 23.9 Å². The van der Waals surface area contributed by atoms with E-state index in [0.29, 0.717) is 11.4 Å². The molecule has 1 aliphatic rings. The van der Waals surface area contributed by atoms with Crippen LogP contribution < -0.4 is 10.1 Å². The predicted molar refractivity (Wildman–Crippen MR) is 66.7 cm³/mol. The first-order valence-electron chi connectivity index (χ1n) is 6.14. The number of pyridine rings is 1. The van der Waals surface area contributed by atoms with Crippen molar-refractivity contribution >= 4 is 5.91 Å². The largest absolute Gasteiger partial charge is 0.480 e. The van der Waals surface area contributed by atoms with Gasteiger partial charge in [0.15, 0.2) is 0 Å². The van der Waals surface area contributed by atoms with Crippen molar-refractivity contribution in [3.63, 3.8) is 0 Å². The van der Waals surface area contributed by atoms with Gasteiger partial charge in [-0.05, 0) is 31.9 Å². The molecule has 18 heavy (non-hydrogen) atoms. The van der Waals surface area contributed by atoms with Crippen LogP contribution in [0.5, 0.6) is 5.88 Å². The molecule has 1 amide bonds. The van der Waals surface area contributed by atoms with Gasteiger partial charge in [-0.25, -0.2) is 4.98 Å². The number of carbonyl (C=O) groups is 1. The van der Waals surface area contributed by atoms with Gasteiger partial charge < -0.3 is 14.8 Å². The lowest BCUT2D eigenvalue weighted by Crippen LogP contribution is -2.41. The van der Waals surface area contributed by atoms with Crippen LogP contribution in [0.2, 0.25) is 0 Å². The third kappa shape index (κ3) is 2.79. The monoisotopic (exact) mass is 250 g/mol. The Balaban J connectivity index is 2.02. The summed E-state index contributed by atoms with van der Waals surface area (Å²) in [6, 6.07) is 3.40. The summed E-state index contributed by atoms with van der Waals surface area (Å²) in [6.07, 6.45) is 3.75. The molecule has 0 spiro atoms. The van der Waals surface area contributed by atoms with Crippen LogP contribution >= 0.6 is 0 Å². The Bertz CT molecular complexity index is 416. The van der Waals surface area contributed by atoms with Gasteiger partial charge in [0.1, 0.15) is 5.56 Å². The smallest absolute Gasteiger partial charge is 0.257 e. The summed E-state index contributed by atoms with van der Waals surface area (Å²) in [7, 11) is 1.50. The molecule has 0 aromatic carbocycles. The zero-order valence-electron chi connectivity index (χ0n) is 10.7. The average molecular weight is 250 g/mol. The van der Waals surface area contributed by atoms with Crippen molar-refractivity contribution in [2.45, 2.75) is 31.9 Å². The molecule has 0 unspecified atom stereocenters. The van der Waals surface area contributed by atoms with Crippen molar-refractivity contribution < 1.29 is 14.3 Å². The molecule has 5 nitrogen and oxygen atoms in total. The number of hydrogen-bond donors (Lipinski definition) is 1. The number of nitrogens with one attached hydrogen (secondary N) is 1. The van der Waals surface area contributed by atoms with Crippen LogP contribution in [0.4, 0.5) is 0 Å². The molecule has 2 atom stereocenters. The van der Waals surface area contributed by atoms with Gasteiger partial charge in [-0.2, -0.15) is 0 Å². The van der Waals surface area contributed by atoms with E-state index in [-0.39, 0.29) is 18.1 Å². The Morgan fingerprint density at radius 2 is 2.50 bits per heavy atom. The normalized spacial score (nSPS) is 20.4. The van der Waals surface area contributed by atoms with Crippen LogP contribution in [-0.2, 0) is 4.74 Å². The fraction of sp³-hybridized carbons (Fsp3) is 0.538. The molecule has 0 radical (unpaired) electrons. The number of ether oxygens (including phenoxy) is 2. The second-order valence-electron chi connectivity index (χ2n) is 4.37. The Morgan fingerprint density at radius 3 is 3.17 bits per heavy atom. The minimum Gasteiger partial charge on any atom is -0.480 e. The van der Waals surface area contributed by atoms with E-state index in [4.69, 9.17) is 9.47 Å². The van der Waals surface area contributed by atoms with Gasteiger partial charge in [-0.3, -0.25) is 4.79 Å². The highest BCUT2D eigenvalue weighted by atomic mass is 16.5. The third-order valence-corrected chi connectivity index (χ3v) is 3.09. The molecule has 2 rings (SSSR count). The van der Waals surface area contributed by atoms with Gasteiger partial charge in [0.05, 0.1) is 19.3 Å². The molecule has 98 valence electrons. The Morgan fingerprint density at radius 1 is 1.67 bits per heavy atom. The van der Waals surface area contributed by atoms with E-state index in [1.54, 1.807) is 18.3 Å². The van der Waals surface area contributed by atoms with E-state index in [0.717, 1.165) is 19.4 Å². The van der Waals surface area contributed by atoms with E-state index >= 15 is 0 Å². The van der Waals surface area contributed by atoms with Gasteiger partial charge >= 0.3 is 0 Å². The molecular formula is C13H18N2O3. The molecule has 0 saturated carbocycles. The van der Waals surface area contributed by atoms with Crippen LogP contribution in [0.1, 0.15) is 30.1 Å². The number of hydrogen-bond acceptors (Lipinski definition) is 4. The molecule has 5 heteroatoms. The number of nitrogens with zero attached hydrogens (tertiary/aromatic N) is 1. The van der Waals surface area contributed by atoms with E-state index in [1.807, 2.05) is 6.92 Å². The number of rotatable bonds is 4. The van der Waals surface area contributed by atoms with Crippen molar-refractivity contribution in [2.75, 3.05) is 13.7 Å². The Kier molecular flexibility index (Phi) is 4.15. The SMILES string of the molecule is COc1ncccc1C(=O)N[C@H](C)[C@H]1CCCO1. The lowest BCUT2D eigenvalue weighted by atomic mass is 10.1. The topological polar surface area (TPSA) is 60.5 Å². The maximum Gasteiger partial charge on any atom is 0.257 e. The summed E-state index contributed by atoms with van der Waals surface area (Å²) in [6.45, 7) is 2.73. The summed E-state index contributed by atoms with van der Waals surface area (Å²) in [4.78, 5) is 16.1. The van der Waals surface area contributed by atoms with Crippen LogP contribution in [0.15, 0.2) is 18.3 Å². The third-order valence-electron chi connectivity index (χ3n) is 3.09. The van der Waals surface area contributed by atoms with Crippen molar-refractivity contribution in [3.8, 4) is 5.88 Å². The molecule has 0 aliphatic carbocycles. The lowest BCUT2D eigenvalue weighted by Gasteiger charge is -2.20. The number of methoxy groups -OCH3 is 1. The van der Waals surface area contributed by atoms with Crippen LogP contribution in [0, 0.1) is 0 Å². The van der Waals surface area contributed by atoms with Gasteiger partial charge in [0.2, 0.25) is 5.88 Å². The van der Waals surface area contributed by atoms with Gasteiger partial charge in [0, 0.05) is 12.8 Å². The van der Waals surface area contributed by atoms with Gasteiger partial charge in [-0.1, -0.05) is 0 Å². The van der Waals surface area contributed by atoms with Crippen LogP contribution in [-0.4, -0.2) is 36.8 Å². The highest BCUT2D eigenvalue weighted by molar-refractivity contribution is 5.96. The quantitative estimate of drug-likeness (QED) is 0.877. The maximum atomic E-state index is 12.1. The predicted octanol–water partition coefficient (Wildman–Crippen LogP) is 1.39. The highest BCUT2D eigenvalue weighted by Gasteiger charge is 2.24. The van der Waals surface area contributed by atoms with E-state index in [9.17, 15) is 4.79 Å². The van der Waals surface area contributed by atoms with E-state index < -0.39 is 0 Å². The molecule has 1 N–H and O–H groups in total. The summed E-state index contributed by atoms with van der Waals surface area (Å²) < 4.78 is 10.6. The Hall–Kier alpha value is -1.62. The van der Waals surface area contributed by atoms with Gasteiger partial charge in [0.25, 0.3) is 5.91 Å². The first kappa shape index (κ1) is 12.8.